The molecule has 3 aromatic rings. The van der Waals surface area contributed by atoms with E-state index in [2.05, 4.69) is 36.5 Å². The maximum Gasteiger partial charge on any atom is 0.271 e. The third kappa shape index (κ3) is 3.86. The second-order valence-corrected chi connectivity index (χ2v) is 8.54. The van der Waals surface area contributed by atoms with Gasteiger partial charge in [-0.2, -0.15) is 10.2 Å². The molecule has 2 aromatic carbocycles. The van der Waals surface area contributed by atoms with Gasteiger partial charge in [-0.3, -0.25) is 4.79 Å². The summed E-state index contributed by atoms with van der Waals surface area (Å²) in [6.07, 6.45) is 1.69. The van der Waals surface area contributed by atoms with Gasteiger partial charge in [0.15, 0.2) is 0 Å². The van der Waals surface area contributed by atoms with Crippen molar-refractivity contribution >= 4 is 11.6 Å². The molecule has 1 aromatic heterocycles. The van der Waals surface area contributed by atoms with E-state index in [1.165, 1.54) is 0 Å². The Labute approximate surface area is 171 Å². The summed E-state index contributed by atoms with van der Waals surface area (Å²) in [5.74, 6) is -0.199. The molecule has 4 rings (SSSR count). The molecule has 1 amide bonds. The molecule has 1 heterocycles. The molecule has 0 saturated heterocycles. The summed E-state index contributed by atoms with van der Waals surface area (Å²) in [6.45, 7) is 8.46. The first kappa shape index (κ1) is 19.1. The van der Waals surface area contributed by atoms with Gasteiger partial charge in [0, 0.05) is 11.1 Å². The van der Waals surface area contributed by atoms with Crippen LogP contribution in [0.4, 0.5) is 0 Å². The Kier molecular flexibility index (Phi) is 4.82. The summed E-state index contributed by atoms with van der Waals surface area (Å²) >= 11 is 0. The molecule has 1 N–H and O–H groups in total. The van der Waals surface area contributed by atoms with E-state index in [-0.39, 0.29) is 11.3 Å². The fraction of sp³-hybridized carbons (Fsp3) is 0.292. The zero-order valence-electron chi connectivity index (χ0n) is 17.4. The van der Waals surface area contributed by atoms with Crippen molar-refractivity contribution in [1.29, 1.82) is 0 Å². The van der Waals surface area contributed by atoms with Gasteiger partial charge in [-0.05, 0) is 56.4 Å². The minimum atomic E-state index is -0.199. The Morgan fingerprint density at radius 3 is 2.41 bits per heavy atom. The maximum absolute atomic E-state index is 12.5. The highest BCUT2D eigenvalue weighted by atomic mass is 16.2. The number of amides is 1. The molecule has 29 heavy (non-hydrogen) atoms. The van der Waals surface area contributed by atoms with Crippen molar-refractivity contribution in [3.8, 4) is 5.69 Å². The van der Waals surface area contributed by atoms with E-state index in [1.54, 1.807) is 0 Å². The Morgan fingerprint density at radius 2 is 1.72 bits per heavy atom. The number of aryl methyl sites for hydroxylation is 2. The van der Waals surface area contributed by atoms with Crippen LogP contribution in [0.3, 0.4) is 0 Å². The van der Waals surface area contributed by atoms with Gasteiger partial charge < -0.3 is 0 Å². The van der Waals surface area contributed by atoms with Gasteiger partial charge in [0.05, 0.1) is 22.8 Å². The van der Waals surface area contributed by atoms with Crippen molar-refractivity contribution in [3.05, 3.63) is 82.7 Å². The lowest BCUT2D eigenvalue weighted by atomic mass is 9.75. The van der Waals surface area contributed by atoms with Crippen molar-refractivity contribution in [2.45, 2.75) is 40.5 Å². The third-order valence-electron chi connectivity index (χ3n) is 5.34. The average Bonchev–Trinajstić information content (AvgIpc) is 3.02. The van der Waals surface area contributed by atoms with E-state index in [9.17, 15) is 4.79 Å². The monoisotopic (exact) mass is 386 g/mol. The number of benzene rings is 2. The molecular weight excluding hydrogens is 360 g/mol. The number of rotatable bonds is 3. The Bertz CT molecular complexity index is 1080. The van der Waals surface area contributed by atoms with Gasteiger partial charge in [-0.1, -0.05) is 49.7 Å². The first-order chi connectivity index (χ1) is 13.8. The Hall–Kier alpha value is -3.21. The van der Waals surface area contributed by atoms with Crippen molar-refractivity contribution in [2.75, 3.05) is 0 Å². The predicted molar refractivity (Wildman–Crippen MR) is 116 cm³/mol. The molecule has 1 aliphatic carbocycles. The molecule has 0 aliphatic heterocycles. The van der Waals surface area contributed by atoms with Crippen molar-refractivity contribution < 1.29 is 4.79 Å². The van der Waals surface area contributed by atoms with Crippen LogP contribution in [0.15, 0.2) is 59.7 Å². The van der Waals surface area contributed by atoms with Crippen LogP contribution >= 0.6 is 0 Å². The van der Waals surface area contributed by atoms with Crippen LogP contribution in [-0.2, 0) is 6.42 Å². The van der Waals surface area contributed by atoms with Gasteiger partial charge in [-0.15, -0.1) is 0 Å². The van der Waals surface area contributed by atoms with E-state index in [0.717, 1.165) is 46.8 Å². The van der Waals surface area contributed by atoms with Crippen LogP contribution < -0.4 is 5.43 Å². The number of fused-ring (bicyclic) bond motifs is 1. The number of carbonyl (C=O) groups is 1. The molecule has 0 bridgehead atoms. The molecule has 0 spiro atoms. The SMILES string of the molecule is Cc1ccc(C(=O)N/N=C2\CC(C)(C)Cc3c2c(C)nn3-c2ccccc2)cc1. The van der Waals surface area contributed by atoms with Crippen LogP contribution in [-0.4, -0.2) is 21.4 Å². The predicted octanol–water partition coefficient (Wildman–Crippen LogP) is 4.60. The van der Waals surface area contributed by atoms with E-state index >= 15 is 0 Å². The standard InChI is InChI=1S/C24H26N4O/c1-16-10-12-18(13-11-16)23(29)26-25-20-14-24(3,4)15-21-22(20)17(2)27-28(21)19-8-6-5-7-9-19/h5-13H,14-15H2,1-4H3,(H,26,29)/b25-20+. The number of para-hydroxylation sites is 1. The van der Waals surface area contributed by atoms with Crippen LogP contribution in [0.2, 0.25) is 0 Å². The van der Waals surface area contributed by atoms with Crippen LogP contribution in [0.1, 0.15) is 53.1 Å². The first-order valence-electron chi connectivity index (χ1n) is 9.92. The fourth-order valence-corrected chi connectivity index (χ4v) is 3.94. The molecule has 5 nitrogen and oxygen atoms in total. The molecule has 0 unspecified atom stereocenters. The smallest absolute Gasteiger partial charge is 0.267 e. The largest absolute Gasteiger partial charge is 0.271 e. The highest BCUT2D eigenvalue weighted by Crippen LogP contribution is 2.37. The van der Waals surface area contributed by atoms with E-state index in [4.69, 9.17) is 5.10 Å². The summed E-state index contributed by atoms with van der Waals surface area (Å²) in [7, 11) is 0. The Balaban J connectivity index is 1.71. The quantitative estimate of drug-likeness (QED) is 0.669. The number of hydrazone groups is 1. The van der Waals surface area contributed by atoms with E-state index < -0.39 is 0 Å². The Morgan fingerprint density at radius 1 is 1.03 bits per heavy atom. The second kappa shape index (κ2) is 7.32. The lowest BCUT2D eigenvalue weighted by Gasteiger charge is -2.31. The maximum atomic E-state index is 12.5. The summed E-state index contributed by atoms with van der Waals surface area (Å²) in [5, 5.41) is 9.35. The van der Waals surface area contributed by atoms with Gasteiger partial charge in [0.2, 0.25) is 0 Å². The highest BCUT2D eigenvalue weighted by Gasteiger charge is 2.34. The average molecular weight is 386 g/mol. The number of carbonyl (C=O) groups excluding carboxylic acids is 1. The second-order valence-electron chi connectivity index (χ2n) is 8.54. The molecule has 1 aliphatic rings. The van der Waals surface area contributed by atoms with Gasteiger partial charge in [0.1, 0.15) is 0 Å². The fourth-order valence-electron chi connectivity index (χ4n) is 3.94. The third-order valence-corrected chi connectivity index (χ3v) is 5.34. The summed E-state index contributed by atoms with van der Waals surface area (Å²) in [5.41, 5.74) is 9.56. The zero-order chi connectivity index (χ0) is 20.6. The molecule has 0 atom stereocenters. The normalized spacial score (nSPS) is 16.5. The summed E-state index contributed by atoms with van der Waals surface area (Å²) < 4.78 is 2.02. The van der Waals surface area contributed by atoms with Crippen molar-refractivity contribution in [3.63, 3.8) is 0 Å². The number of nitrogens with one attached hydrogen (secondary N) is 1. The van der Waals surface area contributed by atoms with Gasteiger partial charge >= 0.3 is 0 Å². The number of hydrogen-bond donors (Lipinski definition) is 1. The molecule has 148 valence electrons. The van der Waals surface area contributed by atoms with Crippen molar-refractivity contribution in [2.24, 2.45) is 10.5 Å². The summed E-state index contributed by atoms with van der Waals surface area (Å²) in [4.78, 5) is 12.5. The molecule has 0 fully saturated rings. The number of nitrogens with zero attached hydrogens (tertiary/aromatic N) is 3. The van der Waals surface area contributed by atoms with Crippen LogP contribution in [0.25, 0.3) is 5.69 Å². The topological polar surface area (TPSA) is 59.3 Å². The van der Waals surface area contributed by atoms with E-state index in [0.29, 0.717) is 5.56 Å². The van der Waals surface area contributed by atoms with Gasteiger partial charge in [-0.25, -0.2) is 10.1 Å². The molecule has 0 saturated carbocycles. The lowest BCUT2D eigenvalue weighted by molar-refractivity contribution is 0.0954. The number of hydrogen-bond acceptors (Lipinski definition) is 3. The molecule has 0 radical (unpaired) electrons. The molecular formula is C24H26N4O. The minimum Gasteiger partial charge on any atom is -0.267 e. The van der Waals surface area contributed by atoms with E-state index in [1.807, 2.05) is 61.0 Å². The summed E-state index contributed by atoms with van der Waals surface area (Å²) in [6, 6.07) is 17.7. The minimum absolute atomic E-state index is 0.0272. The highest BCUT2D eigenvalue weighted by molar-refractivity contribution is 6.05. The van der Waals surface area contributed by atoms with Crippen LogP contribution in [0, 0.1) is 19.3 Å². The first-order valence-corrected chi connectivity index (χ1v) is 9.92. The van der Waals surface area contributed by atoms with Crippen molar-refractivity contribution in [1.82, 2.24) is 15.2 Å². The van der Waals surface area contributed by atoms with Crippen LogP contribution in [0.5, 0.6) is 0 Å². The zero-order valence-corrected chi connectivity index (χ0v) is 17.4. The lowest BCUT2D eigenvalue weighted by Crippen LogP contribution is -2.31. The van der Waals surface area contributed by atoms with Gasteiger partial charge in [0.25, 0.3) is 5.91 Å². The molecule has 5 heteroatoms. The number of aromatic nitrogens is 2.